The van der Waals surface area contributed by atoms with Crippen molar-refractivity contribution in [3.8, 4) is 11.3 Å². The van der Waals surface area contributed by atoms with Gasteiger partial charge < -0.3 is 9.84 Å². The van der Waals surface area contributed by atoms with E-state index in [-0.39, 0.29) is 18.2 Å². The van der Waals surface area contributed by atoms with Crippen LogP contribution in [0.1, 0.15) is 34.8 Å². The highest BCUT2D eigenvalue weighted by Gasteiger charge is 2.27. The van der Waals surface area contributed by atoms with E-state index in [1.165, 1.54) is 10.9 Å². The lowest BCUT2D eigenvalue weighted by Gasteiger charge is -2.29. The Hall–Kier alpha value is -3.07. The summed E-state index contributed by atoms with van der Waals surface area (Å²) in [5.41, 5.74) is 5.90. The number of nitrogens with zero attached hydrogens (tertiary/aromatic N) is 5. The van der Waals surface area contributed by atoms with Crippen LogP contribution < -0.4 is 5.56 Å². The van der Waals surface area contributed by atoms with Crippen molar-refractivity contribution in [3.05, 3.63) is 74.7 Å². The fraction of sp³-hybridized carbons (Fsp3) is 0.360. The Kier molecular flexibility index (Phi) is 5.97. The van der Waals surface area contributed by atoms with Crippen LogP contribution in [0.5, 0.6) is 0 Å². The first-order chi connectivity index (χ1) is 16.3. The molecule has 0 saturated carbocycles. The van der Waals surface area contributed by atoms with Crippen LogP contribution in [0.25, 0.3) is 22.2 Å². The van der Waals surface area contributed by atoms with Crippen molar-refractivity contribution in [1.82, 2.24) is 24.3 Å². The van der Waals surface area contributed by atoms with Gasteiger partial charge in [-0.2, -0.15) is 5.10 Å². The zero-order valence-corrected chi connectivity index (χ0v) is 20.1. The minimum atomic E-state index is -0.751. The number of halogens is 1. The maximum Gasteiger partial charge on any atom is 0.261 e. The number of hydrogen-bond donors (Lipinski definition) is 1. The lowest BCUT2D eigenvalue weighted by atomic mass is 9.98. The highest BCUT2D eigenvalue weighted by atomic mass is 35.5. The summed E-state index contributed by atoms with van der Waals surface area (Å²) < 4.78 is 8.60. The molecule has 1 aliphatic rings. The van der Waals surface area contributed by atoms with Crippen molar-refractivity contribution in [2.45, 2.75) is 38.8 Å². The van der Waals surface area contributed by atoms with Crippen LogP contribution in [0.2, 0.25) is 5.02 Å². The first-order valence-electron chi connectivity index (χ1n) is 11.2. The number of aromatic nitrogens is 5. The molecule has 2 atom stereocenters. The van der Waals surface area contributed by atoms with Crippen LogP contribution in [0, 0.1) is 13.8 Å². The van der Waals surface area contributed by atoms with E-state index < -0.39 is 6.10 Å². The SMILES string of the molecule is Cc1nn(C)cc1-c1ccc(Cc2cc3c(=O)n([C@H]4CCOC[C@@H]4O)cnc3c(Cl)c2C)cn1. The number of aliphatic hydroxyl groups excluding tert-OH is 1. The van der Waals surface area contributed by atoms with Crippen molar-refractivity contribution in [1.29, 1.82) is 0 Å². The van der Waals surface area contributed by atoms with Crippen molar-refractivity contribution < 1.29 is 9.84 Å². The summed E-state index contributed by atoms with van der Waals surface area (Å²) in [6.45, 7) is 4.60. The molecule has 0 unspecified atom stereocenters. The average Bonchev–Trinajstić information content (AvgIpc) is 3.17. The first-order valence-corrected chi connectivity index (χ1v) is 11.6. The van der Waals surface area contributed by atoms with E-state index in [0.29, 0.717) is 35.4 Å². The van der Waals surface area contributed by atoms with E-state index in [1.54, 1.807) is 4.68 Å². The summed E-state index contributed by atoms with van der Waals surface area (Å²) >= 11 is 6.66. The normalized spacial score (nSPS) is 18.5. The van der Waals surface area contributed by atoms with Gasteiger partial charge in [0.1, 0.15) is 0 Å². The minimum absolute atomic E-state index is 0.205. The molecule has 1 aliphatic heterocycles. The van der Waals surface area contributed by atoms with Crippen molar-refractivity contribution in [3.63, 3.8) is 0 Å². The Balaban J connectivity index is 1.51. The summed E-state index contributed by atoms with van der Waals surface area (Å²) in [5, 5.41) is 15.6. The van der Waals surface area contributed by atoms with Gasteiger partial charge in [-0.1, -0.05) is 17.7 Å². The van der Waals surface area contributed by atoms with Gasteiger partial charge in [0.05, 0.1) is 52.4 Å². The van der Waals surface area contributed by atoms with E-state index >= 15 is 0 Å². The van der Waals surface area contributed by atoms with Crippen LogP contribution in [-0.4, -0.2) is 48.7 Å². The number of pyridine rings is 1. The van der Waals surface area contributed by atoms with E-state index in [4.69, 9.17) is 16.3 Å². The molecule has 1 aromatic carbocycles. The summed E-state index contributed by atoms with van der Waals surface area (Å²) in [4.78, 5) is 22.5. The topological polar surface area (TPSA) is 95.1 Å². The predicted octanol–water partition coefficient (Wildman–Crippen LogP) is 3.38. The first kappa shape index (κ1) is 22.7. The van der Waals surface area contributed by atoms with E-state index in [1.807, 2.05) is 51.5 Å². The van der Waals surface area contributed by atoms with Gasteiger partial charge in [0.25, 0.3) is 5.56 Å². The highest BCUT2D eigenvalue weighted by molar-refractivity contribution is 6.35. The van der Waals surface area contributed by atoms with E-state index in [0.717, 1.165) is 33.6 Å². The number of rotatable bonds is 4. The van der Waals surface area contributed by atoms with Gasteiger partial charge in [0.15, 0.2) is 0 Å². The molecule has 1 saturated heterocycles. The van der Waals surface area contributed by atoms with Crippen LogP contribution >= 0.6 is 11.6 Å². The summed E-state index contributed by atoms with van der Waals surface area (Å²) in [6, 6.07) is 5.52. The number of aryl methyl sites for hydroxylation is 2. The number of hydrogen-bond acceptors (Lipinski definition) is 6. The van der Waals surface area contributed by atoms with Crippen LogP contribution in [0.15, 0.2) is 41.7 Å². The maximum atomic E-state index is 13.4. The van der Waals surface area contributed by atoms with Gasteiger partial charge in [-0.3, -0.25) is 19.0 Å². The third kappa shape index (κ3) is 4.02. The molecule has 0 spiro atoms. The van der Waals surface area contributed by atoms with Crippen molar-refractivity contribution >= 4 is 22.5 Å². The molecule has 176 valence electrons. The molecule has 1 N–H and O–H groups in total. The number of aliphatic hydroxyl groups is 1. The van der Waals surface area contributed by atoms with Gasteiger partial charge in [-0.05, 0) is 55.5 Å². The Morgan fingerprint density at radius 3 is 2.76 bits per heavy atom. The van der Waals surface area contributed by atoms with Crippen molar-refractivity contribution in [2.75, 3.05) is 13.2 Å². The Morgan fingerprint density at radius 1 is 1.26 bits per heavy atom. The fourth-order valence-electron chi connectivity index (χ4n) is 4.60. The molecule has 0 radical (unpaired) electrons. The van der Waals surface area contributed by atoms with Crippen molar-refractivity contribution in [2.24, 2.45) is 7.05 Å². The predicted molar refractivity (Wildman–Crippen MR) is 130 cm³/mol. The summed E-state index contributed by atoms with van der Waals surface area (Å²) in [6.07, 6.45) is 5.67. The summed E-state index contributed by atoms with van der Waals surface area (Å²) in [7, 11) is 1.89. The Morgan fingerprint density at radius 2 is 2.09 bits per heavy atom. The van der Waals surface area contributed by atoms with E-state index in [2.05, 4.69) is 15.1 Å². The van der Waals surface area contributed by atoms with Gasteiger partial charge in [-0.15, -0.1) is 0 Å². The standard InChI is InChI=1S/C25H26ClN5O3/c1-14-17(8-16-4-5-20(27-10-16)19-11-30(3)29-15(19)2)9-18-24(23(14)26)28-13-31(25(18)33)21-6-7-34-12-22(21)32/h4-5,9-11,13,21-22,32H,6-8,12H2,1-3H3/t21-,22-/m0/s1. The number of benzene rings is 1. The second-order valence-corrected chi connectivity index (χ2v) is 9.23. The largest absolute Gasteiger partial charge is 0.389 e. The second kappa shape index (κ2) is 8.94. The van der Waals surface area contributed by atoms with Crippen LogP contribution in [0.4, 0.5) is 0 Å². The maximum absolute atomic E-state index is 13.4. The minimum Gasteiger partial charge on any atom is -0.389 e. The second-order valence-electron chi connectivity index (χ2n) is 8.86. The molecule has 4 aromatic rings. The molecule has 34 heavy (non-hydrogen) atoms. The summed E-state index contributed by atoms with van der Waals surface area (Å²) in [5.74, 6) is 0. The third-order valence-corrected chi connectivity index (χ3v) is 6.99. The molecule has 5 rings (SSSR count). The third-order valence-electron chi connectivity index (χ3n) is 6.53. The lowest BCUT2D eigenvalue weighted by molar-refractivity contribution is -0.0395. The lowest BCUT2D eigenvalue weighted by Crippen LogP contribution is -2.39. The molecule has 0 bridgehead atoms. The zero-order chi connectivity index (χ0) is 24.0. The number of ether oxygens (including phenoxy) is 1. The molecule has 0 aliphatic carbocycles. The van der Waals surface area contributed by atoms with Gasteiger partial charge in [0.2, 0.25) is 0 Å². The van der Waals surface area contributed by atoms with Gasteiger partial charge in [0, 0.05) is 31.6 Å². The molecule has 4 heterocycles. The molecule has 9 heteroatoms. The van der Waals surface area contributed by atoms with Gasteiger partial charge >= 0.3 is 0 Å². The quantitative estimate of drug-likeness (QED) is 0.482. The van der Waals surface area contributed by atoms with Crippen LogP contribution in [-0.2, 0) is 18.2 Å². The monoisotopic (exact) mass is 479 g/mol. The highest BCUT2D eigenvalue weighted by Crippen LogP contribution is 2.30. The van der Waals surface area contributed by atoms with Crippen LogP contribution in [0.3, 0.4) is 0 Å². The Labute approximate surface area is 201 Å². The number of fused-ring (bicyclic) bond motifs is 1. The Bertz CT molecular complexity index is 1430. The fourth-order valence-corrected chi connectivity index (χ4v) is 4.88. The molecular weight excluding hydrogens is 454 g/mol. The van der Waals surface area contributed by atoms with Gasteiger partial charge in [-0.25, -0.2) is 4.98 Å². The average molecular weight is 480 g/mol. The molecule has 3 aromatic heterocycles. The molecular formula is C25H26ClN5O3. The zero-order valence-electron chi connectivity index (χ0n) is 19.3. The molecule has 0 amide bonds. The smallest absolute Gasteiger partial charge is 0.261 e. The molecule has 1 fully saturated rings. The molecule has 8 nitrogen and oxygen atoms in total. The van der Waals surface area contributed by atoms with E-state index in [9.17, 15) is 9.90 Å².